The first-order valence-electron chi connectivity index (χ1n) is 6.62. The second kappa shape index (κ2) is 5.51. The highest BCUT2D eigenvalue weighted by Gasteiger charge is 2.32. The van der Waals surface area contributed by atoms with Gasteiger partial charge in [-0.05, 0) is 24.3 Å². The maximum Gasteiger partial charge on any atom is 0.225 e. The van der Waals surface area contributed by atoms with E-state index in [9.17, 15) is 4.79 Å². The molecule has 0 radical (unpaired) electrons. The Bertz CT molecular complexity index is 463. The van der Waals surface area contributed by atoms with Gasteiger partial charge in [0.25, 0.3) is 0 Å². The molecule has 1 amide bonds. The van der Waals surface area contributed by atoms with Gasteiger partial charge in [0, 0.05) is 29.8 Å². The Morgan fingerprint density at radius 1 is 1.21 bits per heavy atom. The number of amides is 1. The first-order chi connectivity index (χ1) is 9.24. The van der Waals surface area contributed by atoms with Crippen molar-refractivity contribution in [3.05, 3.63) is 28.7 Å². The SMILES string of the molecule is O=C1CCOC[C@H]2CN(c3ccc(Br)cc3)CCN12. The third-order valence-electron chi connectivity index (χ3n) is 3.77. The molecule has 3 rings (SSSR count). The molecular formula is C14H17BrN2O2. The van der Waals surface area contributed by atoms with Crippen LogP contribution in [0.5, 0.6) is 0 Å². The van der Waals surface area contributed by atoms with Crippen LogP contribution < -0.4 is 4.90 Å². The molecule has 2 saturated heterocycles. The lowest BCUT2D eigenvalue weighted by molar-refractivity contribution is -0.132. The van der Waals surface area contributed by atoms with Gasteiger partial charge in [-0.3, -0.25) is 4.79 Å². The first kappa shape index (κ1) is 12.9. The molecule has 1 atom stereocenters. The van der Waals surface area contributed by atoms with Gasteiger partial charge >= 0.3 is 0 Å². The molecule has 1 aromatic carbocycles. The van der Waals surface area contributed by atoms with E-state index < -0.39 is 0 Å². The molecule has 0 spiro atoms. The standard InChI is InChI=1S/C14H17BrN2O2/c15-11-1-3-12(4-2-11)16-6-7-17-13(9-16)10-19-8-5-14(17)18/h1-4,13H,5-10H2/t13-/m1/s1. The number of rotatable bonds is 1. The lowest BCUT2D eigenvalue weighted by Gasteiger charge is -2.41. The zero-order chi connectivity index (χ0) is 13.2. The van der Waals surface area contributed by atoms with Gasteiger partial charge in [0.15, 0.2) is 0 Å². The second-order valence-corrected chi connectivity index (χ2v) is 5.90. The van der Waals surface area contributed by atoms with Gasteiger partial charge < -0.3 is 14.5 Å². The monoisotopic (exact) mass is 324 g/mol. The smallest absolute Gasteiger partial charge is 0.225 e. The van der Waals surface area contributed by atoms with Crippen molar-refractivity contribution < 1.29 is 9.53 Å². The zero-order valence-corrected chi connectivity index (χ0v) is 12.3. The highest BCUT2D eigenvalue weighted by atomic mass is 79.9. The number of hydrogen-bond acceptors (Lipinski definition) is 3. The van der Waals surface area contributed by atoms with Crippen molar-refractivity contribution in [2.45, 2.75) is 12.5 Å². The summed E-state index contributed by atoms with van der Waals surface area (Å²) in [5, 5.41) is 0. The second-order valence-electron chi connectivity index (χ2n) is 4.99. The molecule has 5 heteroatoms. The molecule has 4 nitrogen and oxygen atoms in total. The summed E-state index contributed by atoms with van der Waals surface area (Å²) in [6, 6.07) is 8.51. The summed E-state index contributed by atoms with van der Waals surface area (Å²) in [5.74, 6) is 0.234. The molecule has 1 aromatic rings. The number of fused-ring (bicyclic) bond motifs is 1. The number of piperazine rings is 1. The molecule has 19 heavy (non-hydrogen) atoms. The van der Waals surface area contributed by atoms with Crippen LogP contribution >= 0.6 is 15.9 Å². The number of hydrogen-bond donors (Lipinski definition) is 0. The minimum Gasteiger partial charge on any atom is -0.379 e. The van der Waals surface area contributed by atoms with Crippen molar-refractivity contribution in [2.75, 3.05) is 37.7 Å². The third kappa shape index (κ3) is 2.77. The van der Waals surface area contributed by atoms with Crippen LogP contribution in [0.15, 0.2) is 28.7 Å². The number of anilines is 1. The van der Waals surface area contributed by atoms with Gasteiger partial charge in [-0.15, -0.1) is 0 Å². The predicted molar refractivity (Wildman–Crippen MR) is 77.3 cm³/mol. The molecule has 2 heterocycles. The summed E-state index contributed by atoms with van der Waals surface area (Å²) >= 11 is 3.45. The average Bonchev–Trinajstić information content (AvgIpc) is 2.61. The Morgan fingerprint density at radius 2 is 2.00 bits per heavy atom. The highest BCUT2D eigenvalue weighted by molar-refractivity contribution is 9.10. The Hall–Kier alpha value is -1.07. The van der Waals surface area contributed by atoms with Gasteiger partial charge in [-0.2, -0.15) is 0 Å². The van der Waals surface area contributed by atoms with E-state index in [-0.39, 0.29) is 11.9 Å². The normalized spacial score (nSPS) is 24.1. The third-order valence-corrected chi connectivity index (χ3v) is 4.29. The van der Waals surface area contributed by atoms with Gasteiger partial charge in [-0.25, -0.2) is 0 Å². The summed E-state index contributed by atoms with van der Waals surface area (Å²) in [5.41, 5.74) is 1.21. The van der Waals surface area contributed by atoms with Gasteiger partial charge in [-0.1, -0.05) is 15.9 Å². The van der Waals surface area contributed by atoms with Gasteiger partial charge in [0.1, 0.15) is 0 Å². The van der Waals surface area contributed by atoms with E-state index in [0.717, 1.165) is 24.1 Å². The van der Waals surface area contributed by atoms with E-state index in [2.05, 4.69) is 45.1 Å². The molecule has 0 bridgehead atoms. The Morgan fingerprint density at radius 3 is 2.79 bits per heavy atom. The summed E-state index contributed by atoms with van der Waals surface area (Å²) in [7, 11) is 0. The van der Waals surface area contributed by atoms with Crippen LogP contribution in [0.25, 0.3) is 0 Å². The Labute approximate surface area is 121 Å². The summed E-state index contributed by atoms with van der Waals surface area (Å²) in [6.07, 6.45) is 0.523. The van der Waals surface area contributed by atoms with E-state index in [1.54, 1.807) is 0 Å². The minimum absolute atomic E-state index is 0.187. The van der Waals surface area contributed by atoms with Gasteiger partial charge in [0.2, 0.25) is 5.91 Å². The number of nitrogens with zero attached hydrogens (tertiary/aromatic N) is 2. The minimum atomic E-state index is 0.187. The quantitative estimate of drug-likeness (QED) is 0.790. The topological polar surface area (TPSA) is 32.8 Å². The van der Waals surface area contributed by atoms with E-state index in [4.69, 9.17) is 4.74 Å². The lowest BCUT2D eigenvalue weighted by atomic mass is 10.1. The number of benzene rings is 1. The molecule has 2 aliphatic rings. The molecule has 0 saturated carbocycles. The van der Waals surface area contributed by atoms with Crippen LogP contribution in [-0.2, 0) is 9.53 Å². The summed E-state index contributed by atoms with van der Waals surface area (Å²) in [6.45, 7) is 3.75. The largest absolute Gasteiger partial charge is 0.379 e. The van der Waals surface area contributed by atoms with Crippen molar-refractivity contribution >= 4 is 27.5 Å². The number of carbonyl (C=O) groups is 1. The van der Waals surface area contributed by atoms with E-state index in [1.807, 2.05) is 4.90 Å². The van der Waals surface area contributed by atoms with Crippen LogP contribution in [0.4, 0.5) is 5.69 Å². The molecule has 2 aliphatic heterocycles. The number of halogens is 1. The fourth-order valence-electron chi connectivity index (χ4n) is 2.74. The van der Waals surface area contributed by atoms with E-state index >= 15 is 0 Å². The fourth-order valence-corrected chi connectivity index (χ4v) is 3.00. The molecule has 0 aliphatic carbocycles. The van der Waals surface area contributed by atoms with Crippen LogP contribution in [-0.4, -0.2) is 49.7 Å². The maximum atomic E-state index is 12.0. The van der Waals surface area contributed by atoms with Crippen molar-refractivity contribution in [2.24, 2.45) is 0 Å². The zero-order valence-electron chi connectivity index (χ0n) is 10.7. The predicted octanol–water partition coefficient (Wildman–Crippen LogP) is 1.89. The molecule has 0 N–H and O–H groups in total. The van der Waals surface area contributed by atoms with Crippen molar-refractivity contribution in [3.63, 3.8) is 0 Å². The molecule has 102 valence electrons. The Balaban J connectivity index is 1.74. The fraction of sp³-hybridized carbons (Fsp3) is 0.500. The first-order valence-corrected chi connectivity index (χ1v) is 7.41. The average molecular weight is 325 g/mol. The van der Waals surface area contributed by atoms with Gasteiger partial charge in [0.05, 0.1) is 25.7 Å². The van der Waals surface area contributed by atoms with Crippen LogP contribution in [0.1, 0.15) is 6.42 Å². The number of carbonyl (C=O) groups excluding carboxylic acids is 1. The lowest BCUT2D eigenvalue weighted by Crippen LogP contribution is -2.56. The summed E-state index contributed by atoms with van der Waals surface area (Å²) in [4.78, 5) is 16.3. The maximum absolute atomic E-state index is 12.0. The van der Waals surface area contributed by atoms with E-state index in [0.29, 0.717) is 19.6 Å². The van der Waals surface area contributed by atoms with E-state index in [1.165, 1.54) is 5.69 Å². The van der Waals surface area contributed by atoms with Crippen LogP contribution in [0.2, 0.25) is 0 Å². The Kier molecular flexibility index (Phi) is 3.75. The molecule has 0 aromatic heterocycles. The molecular weight excluding hydrogens is 308 g/mol. The highest BCUT2D eigenvalue weighted by Crippen LogP contribution is 2.23. The number of ether oxygens (including phenoxy) is 1. The molecule has 0 unspecified atom stereocenters. The van der Waals surface area contributed by atoms with Crippen molar-refractivity contribution in [3.8, 4) is 0 Å². The molecule has 2 fully saturated rings. The summed E-state index contributed by atoms with van der Waals surface area (Å²) < 4.78 is 6.63. The van der Waals surface area contributed by atoms with Crippen molar-refractivity contribution in [1.82, 2.24) is 4.90 Å². The van der Waals surface area contributed by atoms with Crippen LogP contribution in [0, 0.1) is 0 Å². The van der Waals surface area contributed by atoms with Crippen molar-refractivity contribution in [1.29, 1.82) is 0 Å². The van der Waals surface area contributed by atoms with Crippen LogP contribution in [0.3, 0.4) is 0 Å².